The standard InChI is InChI=1S/C31H28N2O6S2/c1-5-37-29(35)21-9-7-19(8-10-21)24-16-13-22(39-24)17-25-28(34)33-27(20-11-14-23(40-4)15-12-20)26(30(36)38-6-2)18(3)32-31(33)41-25/h7-17,27H,5-6H2,1-4H3/b25-17-/t27-/m1/s1. The number of carbonyl (C=O) groups excluding carboxylic acids is 2. The van der Waals surface area contributed by atoms with Gasteiger partial charge in [0, 0.05) is 16.5 Å². The van der Waals surface area contributed by atoms with Gasteiger partial charge in [-0.25, -0.2) is 14.6 Å². The molecule has 1 atom stereocenters. The van der Waals surface area contributed by atoms with Gasteiger partial charge in [0.1, 0.15) is 11.5 Å². The van der Waals surface area contributed by atoms with Gasteiger partial charge in [0.25, 0.3) is 5.56 Å². The van der Waals surface area contributed by atoms with Gasteiger partial charge in [0.15, 0.2) is 4.80 Å². The van der Waals surface area contributed by atoms with Crippen LogP contribution in [0.4, 0.5) is 0 Å². The third kappa shape index (κ3) is 5.71. The van der Waals surface area contributed by atoms with Crippen LogP contribution in [0.3, 0.4) is 0 Å². The van der Waals surface area contributed by atoms with Gasteiger partial charge in [-0.3, -0.25) is 9.36 Å². The highest BCUT2D eigenvalue weighted by atomic mass is 32.2. The van der Waals surface area contributed by atoms with Crippen LogP contribution in [0.1, 0.15) is 48.5 Å². The van der Waals surface area contributed by atoms with Crippen molar-refractivity contribution >= 4 is 41.1 Å². The van der Waals surface area contributed by atoms with Crippen LogP contribution in [0.25, 0.3) is 17.4 Å². The molecule has 2 aromatic carbocycles. The largest absolute Gasteiger partial charge is 0.463 e. The lowest BCUT2D eigenvalue weighted by molar-refractivity contribution is -0.139. The maximum Gasteiger partial charge on any atom is 0.338 e. The van der Waals surface area contributed by atoms with E-state index >= 15 is 0 Å². The summed E-state index contributed by atoms with van der Waals surface area (Å²) in [4.78, 5) is 45.0. The average molecular weight is 589 g/mol. The second-order valence-electron chi connectivity index (χ2n) is 9.08. The highest BCUT2D eigenvalue weighted by molar-refractivity contribution is 7.98. The third-order valence-electron chi connectivity index (χ3n) is 6.53. The predicted octanol–water partition coefficient (Wildman–Crippen LogP) is 4.96. The molecular weight excluding hydrogens is 560 g/mol. The summed E-state index contributed by atoms with van der Waals surface area (Å²) in [6.07, 6.45) is 3.67. The van der Waals surface area contributed by atoms with E-state index < -0.39 is 12.0 Å². The maximum absolute atomic E-state index is 13.8. The molecule has 3 heterocycles. The topological polar surface area (TPSA) is 100 Å². The molecule has 210 valence electrons. The molecule has 5 rings (SSSR count). The van der Waals surface area contributed by atoms with Crippen molar-refractivity contribution in [2.75, 3.05) is 19.5 Å². The van der Waals surface area contributed by atoms with Crippen molar-refractivity contribution in [3.8, 4) is 11.3 Å². The number of rotatable bonds is 8. The number of hydrogen-bond donors (Lipinski definition) is 0. The van der Waals surface area contributed by atoms with Gasteiger partial charge in [-0.05, 0) is 69.0 Å². The molecule has 0 saturated heterocycles. The molecule has 0 radical (unpaired) electrons. The Bertz CT molecular complexity index is 1810. The lowest BCUT2D eigenvalue weighted by Crippen LogP contribution is -2.39. The smallest absolute Gasteiger partial charge is 0.338 e. The first kappa shape index (κ1) is 28.4. The van der Waals surface area contributed by atoms with Crippen LogP contribution in [0, 0.1) is 0 Å². The Labute approximate surface area is 244 Å². The minimum atomic E-state index is -0.673. The first-order chi connectivity index (χ1) is 19.8. The van der Waals surface area contributed by atoms with Crippen LogP contribution < -0.4 is 14.9 Å². The lowest BCUT2D eigenvalue weighted by atomic mass is 9.96. The van der Waals surface area contributed by atoms with Crippen molar-refractivity contribution < 1.29 is 23.5 Å². The molecule has 0 saturated carbocycles. The molecule has 0 bridgehead atoms. The number of thiazole rings is 1. The van der Waals surface area contributed by atoms with E-state index in [1.807, 2.05) is 30.5 Å². The van der Waals surface area contributed by atoms with E-state index in [2.05, 4.69) is 4.99 Å². The molecule has 41 heavy (non-hydrogen) atoms. The highest BCUT2D eigenvalue weighted by Crippen LogP contribution is 2.32. The second kappa shape index (κ2) is 12.2. The molecule has 1 aliphatic rings. The number of hydrogen-bond acceptors (Lipinski definition) is 9. The van der Waals surface area contributed by atoms with Gasteiger partial charge in [-0.1, -0.05) is 35.6 Å². The van der Waals surface area contributed by atoms with Crippen LogP contribution in [-0.2, 0) is 14.3 Å². The first-order valence-electron chi connectivity index (χ1n) is 13.1. The predicted molar refractivity (Wildman–Crippen MR) is 159 cm³/mol. The fourth-order valence-electron chi connectivity index (χ4n) is 4.59. The van der Waals surface area contributed by atoms with Crippen molar-refractivity contribution in [3.05, 3.63) is 109 Å². The second-order valence-corrected chi connectivity index (χ2v) is 11.0. The monoisotopic (exact) mass is 588 g/mol. The van der Waals surface area contributed by atoms with Crippen LogP contribution in [0.2, 0.25) is 0 Å². The summed E-state index contributed by atoms with van der Waals surface area (Å²) in [6, 6.07) is 17.6. The van der Waals surface area contributed by atoms with Gasteiger partial charge in [0.05, 0.1) is 40.6 Å². The Morgan fingerprint density at radius 3 is 2.34 bits per heavy atom. The summed E-state index contributed by atoms with van der Waals surface area (Å²) < 4.78 is 18.4. The van der Waals surface area contributed by atoms with E-state index in [-0.39, 0.29) is 18.1 Å². The van der Waals surface area contributed by atoms with Crippen LogP contribution in [0.15, 0.2) is 91.0 Å². The zero-order valence-corrected chi connectivity index (χ0v) is 24.6. The van der Waals surface area contributed by atoms with Crippen molar-refractivity contribution in [1.82, 2.24) is 4.57 Å². The molecule has 8 nitrogen and oxygen atoms in total. The SMILES string of the molecule is CCOC(=O)C1=C(C)N=c2s/c(=C\c3ccc(-c4ccc(C(=O)OCC)cc4)o3)c(=O)n2[C@@H]1c1ccc(SC)cc1. The van der Waals surface area contributed by atoms with Crippen molar-refractivity contribution in [2.45, 2.75) is 31.7 Å². The zero-order chi connectivity index (χ0) is 29.1. The van der Waals surface area contributed by atoms with E-state index in [4.69, 9.17) is 13.9 Å². The number of furan rings is 1. The summed E-state index contributed by atoms with van der Waals surface area (Å²) in [7, 11) is 0. The number of carbonyl (C=O) groups is 2. The van der Waals surface area contributed by atoms with E-state index in [1.54, 1.807) is 79.6 Å². The minimum Gasteiger partial charge on any atom is -0.463 e. The highest BCUT2D eigenvalue weighted by Gasteiger charge is 2.33. The van der Waals surface area contributed by atoms with E-state index in [0.29, 0.717) is 44.3 Å². The minimum absolute atomic E-state index is 0.213. The van der Waals surface area contributed by atoms with Crippen LogP contribution in [-0.4, -0.2) is 36.0 Å². The van der Waals surface area contributed by atoms with Crippen molar-refractivity contribution in [1.29, 1.82) is 0 Å². The van der Waals surface area contributed by atoms with Crippen molar-refractivity contribution in [3.63, 3.8) is 0 Å². The van der Waals surface area contributed by atoms with Gasteiger partial charge in [-0.2, -0.15) is 0 Å². The molecule has 2 aromatic heterocycles. The molecule has 0 spiro atoms. The molecule has 0 amide bonds. The molecule has 10 heteroatoms. The quantitative estimate of drug-likeness (QED) is 0.212. The number of ether oxygens (including phenoxy) is 2. The van der Waals surface area contributed by atoms with Gasteiger partial charge in [-0.15, -0.1) is 11.8 Å². The Kier molecular flexibility index (Phi) is 8.41. The number of thioether (sulfide) groups is 1. The zero-order valence-electron chi connectivity index (χ0n) is 23.0. The van der Waals surface area contributed by atoms with E-state index in [9.17, 15) is 14.4 Å². The Morgan fingerprint density at radius 2 is 1.68 bits per heavy atom. The summed E-state index contributed by atoms with van der Waals surface area (Å²) in [5, 5.41) is 0. The summed E-state index contributed by atoms with van der Waals surface area (Å²) in [5.41, 5.74) is 2.61. The number of esters is 2. The fraction of sp³-hybridized carbons (Fsp3) is 0.226. The molecular formula is C31H28N2O6S2. The molecule has 1 aliphatic heterocycles. The average Bonchev–Trinajstić information content (AvgIpc) is 3.57. The van der Waals surface area contributed by atoms with Gasteiger partial charge in [0.2, 0.25) is 0 Å². The molecule has 0 unspecified atom stereocenters. The number of fused-ring (bicyclic) bond motifs is 1. The number of aromatic nitrogens is 1. The van der Waals surface area contributed by atoms with Crippen LogP contribution in [0.5, 0.6) is 0 Å². The molecule has 0 fully saturated rings. The van der Waals surface area contributed by atoms with Gasteiger partial charge >= 0.3 is 11.9 Å². The van der Waals surface area contributed by atoms with E-state index in [0.717, 1.165) is 16.0 Å². The maximum atomic E-state index is 13.8. The summed E-state index contributed by atoms with van der Waals surface area (Å²) in [5.74, 6) is 0.203. The fourth-order valence-corrected chi connectivity index (χ4v) is 6.03. The first-order valence-corrected chi connectivity index (χ1v) is 15.1. The Balaban J connectivity index is 1.54. The third-order valence-corrected chi connectivity index (χ3v) is 8.26. The van der Waals surface area contributed by atoms with Gasteiger partial charge < -0.3 is 13.9 Å². The number of nitrogens with zero attached hydrogens (tertiary/aromatic N) is 2. The Hall–Kier alpha value is -4.15. The number of allylic oxidation sites excluding steroid dienone is 1. The lowest BCUT2D eigenvalue weighted by Gasteiger charge is -2.24. The Morgan fingerprint density at radius 1 is 1.00 bits per heavy atom. The number of benzene rings is 2. The molecule has 4 aromatic rings. The molecule has 0 aliphatic carbocycles. The normalized spacial score (nSPS) is 14.9. The molecule has 0 N–H and O–H groups in total. The summed E-state index contributed by atoms with van der Waals surface area (Å²) >= 11 is 2.85. The summed E-state index contributed by atoms with van der Waals surface area (Å²) in [6.45, 7) is 5.79. The van der Waals surface area contributed by atoms with Crippen molar-refractivity contribution in [2.24, 2.45) is 4.99 Å². The van der Waals surface area contributed by atoms with Crippen LogP contribution >= 0.6 is 23.1 Å². The van der Waals surface area contributed by atoms with E-state index in [1.165, 1.54) is 11.3 Å².